The summed E-state index contributed by atoms with van der Waals surface area (Å²) in [5, 5.41) is 12.6. The molecule has 0 saturated heterocycles. The molecular weight excluding hydrogens is 268 g/mol. The van der Waals surface area contributed by atoms with Crippen LogP contribution < -0.4 is 5.32 Å². The molecule has 1 amide bonds. The number of aliphatic hydroxyl groups is 1. The molecule has 0 aromatic heterocycles. The fourth-order valence-corrected chi connectivity index (χ4v) is 1.74. The molecule has 0 spiro atoms. The summed E-state index contributed by atoms with van der Waals surface area (Å²) in [6.07, 6.45) is 0.132. The average Bonchev–Trinajstić information content (AvgIpc) is 2.25. The average molecular weight is 294 g/mol. The van der Waals surface area contributed by atoms with Crippen molar-refractivity contribution in [3.8, 4) is 0 Å². The molecule has 7 heteroatoms. The van der Waals surface area contributed by atoms with Crippen LogP contribution in [0.2, 0.25) is 0 Å². The summed E-state index contributed by atoms with van der Waals surface area (Å²) in [6, 6.07) is -0.502. The number of nitrogens with one attached hydrogen (secondary N) is 1. The molecule has 0 aromatic carbocycles. The van der Waals surface area contributed by atoms with Crippen LogP contribution in [0.3, 0.4) is 0 Å². The molecule has 0 aliphatic heterocycles. The van der Waals surface area contributed by atoms with Crippen molar-refractivity contribution in [1.82, 2.24) is 9.62 Å². The van der Waals surface area contributed by atoms with E-state index in [4.69, 9.17) is 0 Å². The van der Waals surface area contributed by atoms with Crippen molar-refractivity contribution in [2.75, 3.05) is 19.8 Å². The predicted octanol–water partition coefficient (Wildman–Crippen LogP) is 0.0355. The lowest BCUT2D eigenvalue weighted by Gasteiger charge is -2.26. The third kappa shape index (κ3) is 6.35. The molecule has 0 rings (SSSR count). The lowest BCUT2D eigenvalue weighted by atomic mass is 9.97. The Morgan fingerprint density at radius 3 is 2.11 bits per heavy atom. The van der Waals surface area contributed by atoms with Crippen LogP contribution in [-0.2, 0) is 14.8 Å². The van der Waals surface area contributed by atoms with Crippen molar-refractivity contribution in [2.45, 2.75) is 39.8 Å². The number of amides is 1. The molecule has 2 N–H and O–H groups in total. The van der Waals surface area contributed by atoms with Gasteiger partial charge in [0.05, 0.1) is 18.4 Å². The molecule has 6 nitrogen and oxygen atoms in total. The lowest BCUT2D eigenvalue weighted by Crippen LogP contribution is -2.48. The highest BCUT2D eigenvalue weighted by Gasteiger charge is 2.24. The van der Waals surface area contributed by atoms with Gasteiger partial charge in [-0.25, -0.2) is 12.7 Å². The van der Waals surface area contributed by atoms with Gasteiger partial charge in [0, 0.05) is 19.5 Å². The van der Waals surface area contributed by atoms with E-state index in [1.165, 1.54) is 7.05 Å². The van der Waals surface area contributed by atoms with Gasteiger partial charge in [0.1, 0.15) is 0 Å². The molecule has 114 valence electrons. The lowest BCUT2D eigenvalue weighted by molar-refractivity contribution is -0.127. The molecule has 0 aromatic rings. The summed E-state index contributed by atoms with van der Waals surface area (Å²) < 4.78 is 23.5. The number of aliphatic hydroxyl groups excluding tert-OH is 1. The normalized spacial score (nSPS) is 17.3. The van der Waals surface area contributed by atoms with Gasteiger partial charge in [0.15, 0.2) is 0 Å². The molecule has 0 aliphatic rings. The van der Waals surface area contributed by atoms with Crippen LogP contribution in [0.15, 0.2) is 0 Å². The van der Waals surface area contributed by atoms with E-state index in [0.29, 0.717) is 0 Å². The van der Waals surface area contributed by atoms with E-state index in [-0.39, 0.29) is 24.3 Å². The van der Waals surface area contributed by atoms with Crippen LogP contribution in [0.25, 0.3) is 0 Å². The maximum atomic E-state index is 11.8. The second-order valence-corrected chi connectivity index (χ2v) is 7.53. The van der Waals surface area contributed by atoms with Crippen LogP contribution in [0.4, 0.5) is 0 Å². The fourth-order valence-electron chi connectivity index (χ4n) is 1.31. The number of likely N-dealkylation sites (N-methyl/N-ethyl adjacent to an activating group) is 1. The van der Waals surface area contributed by atoms with E-state index in [9.17, 15) is 18.3 Å². The van der Waals surface area contributed by atoms with E-state index >= 15 is 0 Å². The summed E-state index contributed by atoms with van der Waals surface area (Å²) in [5.41, 5.74) is 0. The number of sulfonamides is 1. The quantitative estimate of drug-likeness (QED) is 0.694. The molecule has 0 radical (unpaired) electrons. The second-order valence-electron chi connectivity index (χ2n) is 5.44. The van der Waals surface area contributed by atoms with Gasteiger partial charge in [-0.1, -0.05) is 20.8 Å². The summed E-state index contributed by atoms with van der Waals surface area (Å²) in [4.78, 5) is 11.8. The van der Waals surface area contributed by atoms with Crippen molar-refractivity contribution < 1.29 is 18.3 Å². The predicted molar refractivity (Wildman–Crippen MR) is 75.1 cm³/mol. The third-order valence-corrected chi connectivity index (χ3v) is 4.65. The van der Waals surface area contributed by atoms with Crippen LogP contribution in [0, 0.1) is 11.8 Å². The number of carbonyl (C=O) groups is 1. The maximum Gasteiger partial charge on any atom is 0.223 e. The molecule has 0 saturated carbocycles. The van der Waals surface area contributed by atoms with Crippen LogP contribution in [0.1, 0.15) is 27.7 Å². The zero-order valence-corrected chi connectivity index (χ0v) is 13.4. The number of nitrogens with zero attached hydrogens (tertiary/aromatic N) is 1. The van der Waals surface area contributed by atoms with Crippen molar-refractivity contribution in [2.24, 2.45) is 11.8 Å². The number of carbonyl (C=O) groups excluding carboxylic acids is 1. The molecule has 0 bridgehead atoms. The topological polar surface area (TPSA) is 86.7 Å². The van der Waals surface area contributed by atoms with Gasteiger partial charge in [0.2, 0.25) is 15.9 Å². The highest BCUT2D eigenvalue weighted by Crippen LogP contribution is 2.10. The molecule has 0 fully saturated rings. The van der Waals surface area contributed by atoms with Crippen LogP contribution in [-0.4, -0.2) is 55.7 Å². The highest BCUT2D eigenvalue weighted by atomic mass is 32.2. The highest BCUT2D eigenvalue weighted by molar-refractivity contribution is 7.88. The van der Waals surface area contributed by atoms with Crippen molar-refractivity contribution >= 4 is 15.9 Å². The smallest absolute Gasteiger partial charge is 0.223 e. The first kappa shape index (κ1) is 18.3. The van der Waals surface area contributed by atoms with Crippen molar-refractivity contribution in [1.29, 1.82) is 0 Å². The van der Waals surface area contributed by atoms with Crippen LogP contribution >= 0.6 is 0 Å². The molecule has 3 unspecified atom stereocenters. The van der Waals surface area contributed by atoms with E-state index in [1.54, 1.807) is 6.92 Å². The Kier molecular flexibility index (Phi) is 6.96. The zero-order valence-electron chi connectivity index (χ0n) is 12.5. The number of hydrogen-bond donors (Lipinski definition) is 2. The monoisotopic (exact) mass is 294 g/mol. The Balaban J connectivity index is 4.43. The van der Waals surface area contributed by atoms with Crippen LogP contribution in [0.5, 0.6) is 0 Å². The Morgan fingerprint density at radius 1 is 1.26 bits per heavy atom. The molecule has 19 heavy (non-hydrogen) atoms. The summed E-state index contributed by atoms with van der Waals surface area (Å²) in [5.74, 6) is -0.0751. The first-order chi connectivity index (χ1) is 8.46. The van der Waals surface area contributed by atoms with Gasteiger partial charge in [-0.15, -0.1) is 0 Å². The summed E-state index contributed by atoms with van der Waals surface area (Å²) >= 11 is 0. The maximum absolute atomic E-state index is 11.8. The first-order valence-corrected chi connectivity index (χ1v) is 8.21. The molecule has 3 atom stereocenters. The van der Waals surface area contributed by atoms with Gasteiger partial charge in [0.25, 0.3) is 0 Å². The van der Waals surface area contributed by atoms with Crippen molar-refractivity contribution in [3.63, 3.8) is 0 Å². The number of hydrogen-bond acceptors (Lipinski definition) is 4. The zero-order chi connectivity index (χ0) is 15.4. The standard InChI is InChI=1S/C12H26N2O4S/c1-8(2)9(3)12(16)13-10(4)11(15)7-14(5)19(6,17)18/h8-11,15H,7H2,1-6H3,(H,13,16). The Bertz CT molecular complexity index is 395. The van der Waals surface area contributed by atoms with E-state index in [1.807, 2.05) is 20.8 Å². The Labute approximate surface area is 116 Å². The Morgan fingerprint density at radius 2 is 1.74 bits per heavy atom. The van der Waals surface area contributed by atoms with Gasteiger partial charge >= 0.3 is 0 Å². The summed E-state index contributed by atoms with van der Waals surface area (Å²) in [6.45, 7) is 7.33. The summed E-state index contributed by atoms with van der Waals surface area (Å²) in [7, 11) is -1.94. The van der Waals surface area contributed by atoms with E-state index in [2.05, 4.69) is 5.32 Å². The molecule has 0 heterocycles. The minimum atomic E-state index is -3.33. The van der Waals surface area contributed by atoms with E-state index in [0.717, 1.165) is 10.6 Å². The van der Waals surface area contributed by atoms with Gasteiger partial charge in [-0.05, 0) is 12.8 Å². The van der Waals surface area contributed by atoms with Crippen molar-refractivity contribution in [3.05, 3.63) is 0 Å². The van der Waals surface area contributed by atoms with Gasteiger partial charge in [-0.2, -0.15) is 0 Å². The van der Waals surface area contributed by atoms with Gasteiger partial charge < -0.3 is 10.4 Å². The molecule has 0 aliphatic carbocycles. The first-order valence-electron chi connectivity index (χ1n) is 6.36. The third-order valence-electron chi connectivity index (χ3n) is 3.37. The largest absolute Gasteiger partial charge is 0.390 e. The minimum absolute atomic E-state index is 0.0453. The SMILES string of the molecule is CC(C)C(C)C(=O)NC(C)C(O)CN(C)S(C)(=O)=O. The number of rotatable bonds is 7. The minimum Gasteiger partial charge on any atom is -0.390 e. The second kappa shape index (κ2) is 7.21. The van der Waals surface area contributed by atoms with Gasteiger partial charge in [-0.3, -0.25) is 4.79 Å². The fraction of sp³-hybridized carbons (Fsp3) is 0.917. The Hall–Kier alpha value is -0.660. The molecular formula is C12H26N2O4S. The van der Waals surface area contributed by atoms with E-state index < -0.39 is 22.2 Å².